The van der Waals surface area contributed by atoms with Gasteiger partial charge in [-0.25, -0.2) is 8.42 Å². The van der Waals surface area contributed by atoms with Crippen LogP contribution in [0.4, 0.5) is 14.5 Å². The molecule has 1 aliphatic heterocycles. The van der Waals surface area contributed by atoms with E-state index in [1.807, 2.05) is 6.07 Å². The molecule has 2 aromatic rings. The van der Waals surface area contributed by atoms with Crippen LogP contribution in [0.2, 0.25) is 0 Å². The Morgan fingerprint density at radius 2 is 1.72 bits per heavy atom. The molecule has 4 rings (SSSR count). The Hall–Kier alpha value is -1.97. The number of hydrogen-bond donors (Lipinski definition) is 1. The number of thioether (sulfide) groups is 1. The number of benzene rings is 2. The lowest BCUT2D eigenvalue weighted by atomic mass is 9.92. The minimum atomic E-state index is -3.61. The number of nitrogens with zero attached hydrogens (tertiary/aromatic N) is 1. The van der Waals surface area contributed by atoms with E-state index in [9.17, 15) is 22.0 Å². The SMILES string of the molecule is O=C(Nc1ccccc1SC(F)F)C1CCN(S(=O)(=O)c2ccc3c(c2)CCCC3)CC1. The molecule has 1 amide bonds. The van der Waals surface area contributed by atoms with Gasteiger partial charge in [0.1, 0.15) is 0 Å². The van der Waals surface area contributed by atoms with Gasteiger partial charge in [-0.1, -0.05) is 30.0 Å². The average Bonchev–Trinajstić information content (AvgIpc) is 2.79. The number of aryl methyl sites for hydroxylation is 2. The van der Waals surface area contributed by atoms with Crippen molar-refractivity contribution >= 4 is 33.4 Å². The lowest BCUT2D eigenvalue weighted by Gasteiger charge is -2.31. The van der Waals surface area contributed by atoms with Crippen LogP contribution < -0.4 is 5.32 Å². The zero-order chi connectivity index (χ0) is 22.7. The van der Waals surface area contributed by atoms with Crippen molar-refractivity contribution in [3.05, 3.63) is 53.6 Å². The van der Waals surface area contributed by atoms with E-state index in [0.29, 0.717) is 40.1 Å². The summed E-state index contributed by atoms with van der Waals surface area (Å²) in [7, 11) is -3.61. The summed E-state index contributed by atoms with van der Waals surface area (Å²) in [5, 5.41) is 2.74. The van der Waals surface area contributed by atoms with Gasteiger partial charge >= 0.3 is 0 Å². The van der Waals surface area contributed by atoms with Crippen LogP contribution in [0, 0.1) is 5.92 Å². The smallest absolute Gasteiger partial charge is 0.288 e. The molecule has 0 radical (unpaired) electrons. The minimum Gasteiger partial charge on any atom is -0.325 e. The van der Waals surface area contributed by atoms with Crippen molar-refractivity contribution in [1.29, 1.82) is 0 Å². The molecule has 1 fully saturated rings. The Morgan fingerprint density at radius 3 is 2.44 bits per heavy atom. The Morgan fingerprint density at radius 1 is 1.03 bits per heavy atom. The molecule has 0 spiro atoms. The van der Waals surface area contributed by atoms with Gasteiger partial charge in [0.2, 0.25) is 15.9 Å². The van der Waals surface area contributed by atoms with Crippen molar-refractivity contribution in [2.45, 2.75) is 54.1 Å². The first-order valence-electron chi connectivity index (χ1n) is 10.8. The number of carbonyl (C=O) groups excluding carboxylic acids is 1. The molecule has 9 heteroatoms. The predicted molar refractivity (Wildman–Crippen MR) is 121 cm³/mol. The van der Waals surface area contributed by atoms with Crippen LogP contribution in [0.3, 0.4) is 0 Å². The van der Waals surface area contributed by atoms with Crippen molar-refractivity contribution in [2.75, 3.05) is 18.4 Å². The number of alkyl halides is 2. The summed E-state index contributed by atoms with van der Waals surface area (Å²) in [5.74, 6) is -3.21. The van der Waals surface area contributed by atoms with Gasteiger partial charge in [-0.15, -0.1) is 0 Å². The van der Waals surface area contributed by atoms with Crippen LogP contribution in [0.15, 0.2) is 52.3 Å². The number of amides is 1. The van der Waals surface area contributed by atoms with Crippen LogP contribution >= 0.6 is 11.8 Å². The summed E-state index contributed by atoms with van der Waals surface area (Å²) in [6.45, 7) is 0.510. The van der Waals surface area contributed by atoms with E-state index >= 15 is 0 Å². The zero-order valence-electron chi connectivity index (χ0n) is 17.6. The molecule has 0 bridgehead atoms. The Balaban J connectivity index is 1.39. The van der Waals surface area contributed by atoms with E-state index in [-0.39, 0.29) is 24.9 Å². The third kappa shape index (κ3) is 5.15. The van der Waals surface area contributed by atoms with Gasteiger partial charge in [0.05, 0.1) is 10.6 Å². The second-order valence-corrected chi connectivity index (χ2v) is 11.1. The number of piperidine rings is 1. The number of halogens is 2. The summed E-state index contributed by atoms with van der Waals surface area (Å²) in [6, 6.07) is 11.9. The van der Waals surface area contributed by atoms with E-state index in [0.717, 1.165) is 31.2 Å². The quantitative estimate of drug-likeness (QED) is 0.596. The molecular weight excluding hydrogens is 454 g/mol. The van der Waals surface area contributed by atoms with Crippen LogP contribution in [-0.2, 0) is 27.7 Å². The summed E-state index contributed by atoms with van der Waals surface area (Å²) < 4.78 is 53.3. The van der Waals surface area contributed by atoms with Crippen molar-refractivity contribution in [3.63, 3.8) is 0 Å². The van der Waals surface area contributed by atoms with Crippen LogP contribution in [0.5, 0.6) is 0 Å². The lowest BCUT2D eigenvalue weighted by Crippen LogP contribution is -2.41. The molecular formula is C23H26F2N2O3S2. The van der Waals surface area contributed by atoms with Crippen LogP contribution in [-0.4, -0.2) is 37.5 Å². The number of nitrogens with one attached hydrogen (secondary N) is 1. The molecule has 0 saturated carbocycles. The summed E-state index contributed by atoms with van der Waals surface area (Å²) in [4.78, 5) is 13.3. The normalized spacial score (nSPS) is 17.8. The molecule has 1 aliphatic carbocycles. The first kappa shape index (κ1) is 23.2. The lowest BCUT2D eigenvalue weighted by molar-refractivity contribution is -0.120. The van der Waals surface area contributed by atoms with Gasteiger partial charge in [0, 0.05) is 23.9 Å². The Bertz CT molecular complexity index is 1080. The van der Waals surface area contributed by atoms with Crippen LogP contribution in [0.1, 0.15) is 36.8 Å². The highest BCUT2D eigenvalue weighted by Crippen LogP contribution is 2.33. The first-order chi connectivity index (χ1) is 15.3. The highest BCUT2D eigenvalue weighted by Gasteiger charge is 2.32. The van der Waals surface area contributed by atoms with Crippen molar-refractivity contribution in [3.8, 4) is 0 Å². The van der Waals surface area contributed by atoms with E-state index < -0.39 is 15.8 Å². The first-order valence-corrected chi connectivity index (χ1v) is 13.1. The van der Waals surface area contributed by atoms with E-state index in [4.69, 9.17) is 0 Å². The second-order valence-electron chi connectivity index (χ2n) is 8.18. The molecule has 5 nitrogen and oxygen atoms in total. The fourth-order valence-electron chi connectivity index (χ4n) is 4.38. The topological polar surface area (TPSA) is 66.5 Å². The van der Waals surface area contributed by atoms with Gasteiger partial charge in [-0.3, -0.25) is 4.79 Å². The molecule has 0 atom stereocenters. The maximum absolute atomic E-state index is 13.1. The number of carbonyl (C=O) groups is 1. The third-order valence-electron chi connectivity index (χ3n) is 6.14. The molecule has 1 heterocycles. The van der Waals surface area contributed by atoms with Gasteiger partial charge in [-0.2, -0.15) is 13.1 Å². The van der Waals surface area contributed by atoms with E-state index in [1.54, 1.807) is 36.4 Å². The molecule has 0 aromatic heterocycles. The number of para-hydroxylation sites is 1. The fourth-order valence-corrected chi connectivity index (χ4v) is 6.50. The molecule has 32 heavy (non-hydrogen) atoms. The maximum Gasteiger partial charge on any atom is 0.288 e. The van der Waals surface area contributed by atoms with Gasteiger partial charge in [0.25, 0.3) is 5.76 Å². The number of sulfonamides is 1. The van der Waals surface area contributed by atoms with E-state index in [1.165, 1.54) is 9.87 Å². The van der Waals surface area contributed by atoms with Gasteiger partial charge in [0.15, 0.2) is 0 Å². The largest absolute Gasteiger partial charge is 0.325 e. The van der Waals surface area contributed by atoms with Gasteiger partial charge < -0.3 is 5.32 Å². The minimum absolute atomic E-state index is 0.255. The fraction of sp³-hybridized carbons (Fsp3) is 0.435. The molecule has 1 N–H and O–H groups in total. The second kappa shape index (κ2) is 9.89. The molecule has 0 unspecified atom stereocenters. The summed E-state index contributed by atoms with van der Waals surface area (Å²) >= 11 is 0.389. The van der Waals surface area contributed by atoms with Crippen molar-refractivity contribution < 1.29 is 22.0 Å². The maximum atomic E-state index is 13.1. The Labute approximate surface area is 191 Å². The Kier molecular flexibility index (Phi) is 7.17. The molecule has 2 aliphatic rings. The molecule has 172 valence electrons. The zero-order valence-corrected chi connectivity index (χ0v) is 19.2. The number of rotatable bonds is 6. The highest BCUT2D eigenvalue weighted by molar-refractivity contribution is 7.99. The number of anilines is 1. The van der Waals surface area contributed by atoms with Crippen molar-refractivity contribution in [2.24, 2.45) is 5.92 Å². The van der Waals surface area contributed by atoms with E-state index in [2.05, 4.69) is 5.32 Å². The standard InChI is InChI=1S/C23H26F2N2O3S2/c24-23(25)31-21-8-4-3-7-20(21)26-22(28)17-11-13-27(14-12-17)32(29,30)19-10-9-16-5-1-2-6-18(16)15-19/h3-4,7-10,15,17,23H,1-2,5-6,11-14H2,(H,26,28). The molecule has 1 saturated heterocycles. The van der Waals surface area contributed by atoms with Crippen LogP contribution in [0.25, 0.3) is 0 Å². The predicted octanol–water partition coefficient (Wildman–Crippen LogP) is 4.92. The summed E-state index contributed by atoms with van der Waals surface area (Å²) in [5.41, 5.74) is 2.70. The van der Waals surface area contributed by atoms with Gasteiger partial charge in [-0.05, 0) is 73.9 Å². The molecule has 2 aromatic carbocycles. The van der Waals surface area contributed by atoms with Crippen molar-refractivity contribution in [1.82, 2.24) is 4.31 Å². The average molecular weight is 481 g/mol. The summed E-state index contributed by atoms with van der Waals surface area (Å²) in [6.07, 6.45) is 4.90. The third-order valence-corrected chi connectivity index (χ3v) is 8.83. The monoisotopic (exact) mass is 480 g/mol. The number of fused-ring (bicyclic) bond motifs is 1. The highest BCUT2D eigenvalue weighted by atomic mass is 32.2. The number of hydrogen-bond acceptors (Lipinski definition) is 4.